The van der Waals surface area contributed by atoms with Crippen LogP contribution in [0.2, 0.25) is 0 Å². The van der Waals surface area contributed by atoms with Crippen LogP contribution in [0.3, 0.4) is 0 Å². The van der Waals surface area contributed by atoms with Crippen molar-refractivity contribution >= 4 is 0 Å². The molecule has 2 unspecified atom stereocenters. The van der Waals surface area contributed by atoms with E-state index >= 15 is 0 Å². The van der Waals surface area contributed by atoms with Gasteiger partial charge in [0.15, 0.2) is 0 Å². The normalized spacial score (nSPS) is 35.7. The summed E-state index contributed by atoms with van der Waals surface area (Å²) < 4.78 is 10.2. The first-order chi connectivity index (χ1) is 5.73. The Labute approximate surface area is 71.0 Å². The van der Waals surface area contributed by atoms with E-state index in [1.54, 1.807) is 18.6 Å². The predicted molar refractivity (Wildman–Crippen MR) is 42.6 cm³/mol. The summed E-state index contributed by atoms with van der Waals surface area (Å²) in [6, 6.07) is 1.78. The summed E-state index contributed by atoms with van der Waals surface area (Å²) in [6.07, 6.45) is 3.65. The predicted octanol–water partition coefficient (Wildman–Crippen LogP) is 1.28. The van der Waals surface area contributed by atoms with E-state index in [1.165, 1.54) is 0 Å². The highest BCUT2D eigenvalue weighted by molar-refractivity contribution is 5.19. The second-order valence-corrected chi connectivity index (χ2v) is 3.20. The average molecular weight is 168 g/mol. The largest absolute Gasteiger partial charge is 0.472 e. The lowest BCUT2D eigenvalue weighted by atomic mass is 9.90. The van der Waals surface area contributed by atoms with Crippen molar-refractivity contribution in [3.63, 3.8) is 0 Å². The molecule has 2 atom stereocenters. The molecule has 1 N–H and O–H groups in total. The van der Waals surface area contributed by atoms with Crippen molar-refractivity contribution in [1.82, 2.24) is 0 Å². The molecule has 1 aliphatic heterocycles. The van der Waals surface area contributed by atoms with Crippen molar-refractivity contribution in [2.24, 2.45) is 0 Å². The van der Waals surface area contributed by atoms with Gasteiger partial charge in [-0.25, -0.2) is 0 Å². The average Bonchev–Trinajstić information content (AvgIpc) is 2.62. The van der Waals surface area contributed by atoms with Crippen molar-refractivity contribution in [2.75, 3.05) is 6.61 Å². The van der Waals surface area contributed by atoms with E-state index < -0.39 is 5.60 Å². The quantitative estimate of drug-likeness (QED) is 0.686. The first kappa shape index (κ1) is 7.83. The molecule has 0 radical (unpaired) electrons. The number of rotatable bonds is 1. The van der Waals surface area contributed by atoms with Crippen LogP contribution in [0, 0.1) is 0 Å². The van der Waals surface area contributed by atoms with Crippen LogP contribution in [-0.4, -0.2) is 17.8 Å². The van der Waals surface area contributed by atoms with Gasteiger partial charge in [-0.15, -0.1) is 0 Å². The third-order valence-corrected chi connectivity index (χ3v) is 2.54. The van der Waals surface area contributed by atoms with Crippen molar-refractivity contribution < 1.29 is 14.3 Å². The molecule has 66 valence electrons. The number of furan rings is 1. The van der Waals surface area contributed by atoms with E-state index in [2.05, 4.69) is 0 Å². The summed E-state index contributed by atoms with van der Waals surface area (Å²) in [6.45, 7) is 2.49. The standard InChI is InChI=1S/C9H12O3/c1-7-9(10,3-5-12-7)8-2-4-11-6-8/h2,4,6-7,10H,3,5H2,1H3. The number of hydrogen-bond acceptors (Lipinski definition) is 3. The topological polar surface area (TPSA) is 42.6 Å². The molecule has 1 aromatic rings. The van der Waals surface area contributed by atoms with Crippen molar-refractivity contribution in [3.8, 4) is 0 Å². The van der Waals surface area contributed by atoms with E-state index in [1.807, 2.05) is 6.92 Å². The van der Waals surface area contributed by atoms with Crippen LogP contribution in [0.5, 0.6) is 0 Å². The van der Waals surface area contributed by atoms with Gasteiger partial charge in [0, 0.05) is 12.0 Å². The lowest BCUT2D eigenvalue weighted by Gasteiger charge is -2.24. The van der Waals surface area contributed by atoms with Crippen LogP contribution in [0.4, 0.5) is 0 Å². The Bertz CT molecular complexity index is 255. The zero-order valence-electron chi connectivity index (χ0n) is 6.99. The third kappa shape index (κ3) is 0.974. The first-order valence-electron chi connectivity index (χ1n) is 4.10. The smallest absolute Gasteiger partial charge is 0.121 e. The minimum absolute atomic E-state index is 0.143. The maximum Gasteiger partial charge on any atom is 0.121 e. The van der Waals surface area contributed by atoms with Crippen LogP contribution >= 0.6 is 0 Å². The number of ether oxygens (including phenoxy) is 1. The van der Waals surface area contributed by atoms with Gasteiger partial charge in [0.1, 0.15) is 5.60 Å². The molecule has 2 heterocycles. The Morgan fingerprint density at radius 3 is 3.00 bits per heavy atom. The van der Waals surface area contributed by atoms with Gasteiger partial charge in [-0.2, -0.15) is 0 Å². The summed E-state index contributed by atoms with van der Waals surface area (Å²) >= 11 is 0. The van der Waals surface area contributed by atoms with E-state index in [0.717, 1.165) is 5.56 Å². The molecule has 0 aliphatic carbocycles. The fourth-order valence-corrected chi connectivity index (χ4v) is 1.62. The molecule has 3 heteroatoms. The van der Waals surface area contributed by atoms with Crippen LogP contribution < -0.4 is 0 Å². The Hall–Kier alpha value is -0.800. The maximum absolute atomic E-state index is 10.1. The van der Waals surface area contributed by atoms with Crippen LogP contribution in [0.25, 0.3) is 0 Å². The molecule has 0 amide bonds. The first-order valence-corrected chi connectivity index (χ1v) is 4.10. The van der Waals surface area contributed by atoms with Crippen LogP contribution in [-0.2, 0) is 10.3 Å². The highest BCUT2D eigenvalue weighted by Crippen LogP contribution is 2.35. The number of hydrogen-bond donors (Lipinski definition) is 1. The van der Waals surface area contributed by atoms with Crippen LogP contribution in [0.1, 0.15) is 18.9 Å². The minimum atomic E-state index is -0.840. The Kier molecular flexibility index (Phi) is 1.70. The summed E-state index contributed by atoms with van der Waals surface area (Å²) in [7, 11) is 0. The summed E-state index contributed by atoms with van der Waals surface area (Å²) in [5.74, 6) is 0. The van der Waals surface area contributed by atoms with Gasteiger partial charge >= 0.3 is 0 Å². The lowest BCUT2D eigenvalue weighted by Crippen LogP contribution is -2.32. The number of aliphatic hydroxyl groups is 1. The van der Waals surface area contributed by atoms with Gasteiger partial charge in [-0.1, -0.05) is 0 Å². The summed E-state index contributed by atoms with van der Waals surface area (Å²) in [5, 5.41) is 10.1. The molecule has 1 aliphatic rings. The van der Waals surface area contributed by atoms with E-state index in [0.29, 0.717) is 13.0 Å². The van der Waals surface area contributed by atoms with E-state index in [9.17, 15) is 5.11 Å². The van der Waals surface area contributed by atoms with E-state index in [-0.39, 0.29) is 6.10 Å². The molecular formula is C9H12O3. The molecule has 1 fully saturated rings. The van der Waals surface area contributed by atoms with Crippen molar-refractivity contribution in [3.05, 3.63) is 24.2 Å². The molecule has 1 saturated heterocycles. The van der Waals surface area contributed by atoms with Gasteiger partial charge in [0.25, 0.3) is 0 Å². The van der Waals surface area contributed by atoms with Gasteiger partial charge in [0.2, 0.25) is 0 Å². The lowest BCUT2D eigenvalue weighted by molar-refractivity contribution is -0.0320. The van der Waals surface area contributed by atoms with Gasteiger partial charge < -0.3 is 14.3 Å². The second-order valence-electron chi connectivity index (χ2n) is 3.20. The second kappa shape index (κ2) is 2.61. The zero-order valence-corrected chi connectivity index (χ0v) is 6.99. The Morgan fingerprint density at radius 1 is 1.67 bits per heavy atom. The van der Waals surface area contributed by atoms with Crippen molar-refractivity contribution in [1.29, 1.82) is 0 Å². The Balaban J connectivity index is 2.32. The minimum Gasteiger partial charge on any atom is -0.472 e. The highest BCUT2D eigenvalue weighted by Gasteiger charge is 2.41. The van der Waals surface area contributed by atoms with Gasteiger partial charge in [0.05, 0.1) is 25.2 Å². The molecule has 0 saturated carbocycles. The summed E-state index contributed by atoms with van der Waals surface area (Å²) in [4.78, 5) is 0. The zero-order chi connectivity index (χ0) is 8.60. The fraction of sp³-hybridized carbons (Fsp3) is 0.556. The molecule has 3 nitrogen and oxygen atoms in total. The molecule has 12 heavy (non-hydrogen) atoms. The molecule has 1 aromatic heterocycles. The molecule has 0 aromatic carbocycles. The van der Waals surface area contributed by atoms with Gasteiger partial charge in [-0.05, 0) is 13.0 Å². The van der Waals surface area contributed by atoms with E-state index in [4.69, 9.17) is 9.15 Å². The molecule has 0 bridgehead atoms. The Morgan fingerprint density at radius 2 is 2.50 bits per heavy atom. The molecular weight excluding hydrogens is 156 g/mol. The van der Waals surface area contributed by atoms with Gasteiger partial charge in [-0.3, -0.25) is 0 Å². The van der Waals surface area contributed by atoms with Crippen LogP contribution in [0.15, 0.2) is 23.0 Å². The highest BCUT2D eigenvalue weighted by atomic mass is 16.5. The maximum atomic E-state index is 10.1. The fourth-order valence-electron chi connectivity index (χ4n) is 1.62. The van der Waals surface area contributed by atoms with Crippen molar-refractivity contribution in [2.45, 2.75) is 25.0 Å². The molecule has 2 rings (SSSR count). The molecule has 0 spiro atoms. The SMILES string of the molecule is CC1OCCC1(O)c1ccoc1. The third-order valence-electron chi connectivity index (χ3n) is 2.54. The monoisotopic (exact) mass is 168 g/mol. The summed E-state index contributed by atoms with van der Waals surface area (Å²) in [5.41, 5.74) is -0.0278.